The molecule has 5 aromatic rings. The number of likely N-dealkylation sites (N-methyl/N-ethyl adjacent to an activating group) is 1. The van der Waals surface area contributed by atoms with E-state index in [0.29, 0.717) is 28.8 Å². The van der Waals surface area contributed by atoms with Crippen molar-refractivity contribution in [2.75, 3.05) is 36.4 Å². The minimum Gasteiger partial charge on any atom is -0.472 e. The number of aliphatic imine (C=N–C) groups is 1. The third kappa shape index (κ3) is 8.86. The zero-order chi connectivity index (χ0) is 37.7. The molecular weight excluding hydrogens is 737 g/mol. The van der Waals surface area contributed by atoms with E-state index in [0.717, 1.165) is 39.2 Å². The second kappa shape index (κ2) is 16.4. The Morgan fingerprint density at radius 2 is 1.68 bits per heavy atom. The molecule has 2 aromatic heterocycles. The van der Waals surface area contributed by atoms with Gasteiger partial charge in [-0.3, -0.25) is 14.5 Å². The first-order valence-electron chi connectivity index (χ1n) is 16.7. The quantitative estimate of drug-likeness (QED) is 0.174. The normalized spacial score (nSPS) is 16.9. The second-order valence-electron chi connectivity index (χ2n) is 12.5. The van der Waals surface area contributed by atoms with E-state index in [1.165, 1.54) is 12.1 Å². The van der Waals surface area contributed by atoms with E-state index in [-0.39, 0.29) is 48.0 Å². The first kappa shape index (κ1) is 37.9. The summed E-state index contributed by atoms with van der Waals surface area (Å²) < 4.78 is 39.6. The van der Waals surface area contributed by atoms with E-state index in [4.69, 9.17) is 32.7 Å². The molecule has 11 nitrogen and oxygen atoms in total. The molecule has 2 N–H and O–H groups in total. The zero-order valence-electron chi connectivity index (χ0n) is 29.2. The number of hydrogen-bond acceptors (Lipinski definition) is 9. The minimum absolute atomic E-state index is 0.0282. The molecule has 7 rings (SSSR count). The summed E-state index contributed by atoms with van der Waals surface area (Å²) in [5.74, 6) is 0.255. The molecule has 1 saturated heterocycles. The van der Waals surface area contributed by atoms with Gasteiger partial charge in [0, 0.05) is 41.2 Å². The average Bonchev–Trinajstić information content (AvgIpc) is 3.56. The lowest BCUT2D eigenvalue weighted by atomic mass is 9.99. The van der Waals surface area contributed by atoms with Gasteiger partial charge in [0.1, 0.15) is 18.5 Å². The summed E-state index contributed by atoms with van der Waals surface area (Å²) in [6.07, 6.45) is -0.0903. The Morgan fingerprint density at radius 3 is 2.40 bits per heavy atom. The van der Waals surface area contributed by atoms with Crippen LogP contribution in [0.3, 0.4) is 0 Å². The molecule has 2 atom stereocenters. The lowest BCUT2D eigenvalue weighted by Gasteiger charge is -2.18. The molecule has 3 aromatic carbocycles. The maximum absolute atomic E-state index is 13.0. The Morgan fingerprint density at radius 1 is 0.943 bits per heavy atom. The summed E-state index contributed by atoms with van der Waals surface area (Å²) in [5.41, 5.74) is 6.83. The van der Waals surface area contributed by atoms with Gasteiger partial charge in [0.05, 0.1) is 41.4 Å². The number of hydrogen-bond donors (Lipinski definition) is 2. The van der Waals surface area contributed by atoms with Gasteiger partial charge in [-0.2, -0.15) is 13.4 Å². The maximum atomic E-state index is 13.0. The third-order valence-corrected chi connectivity index (χ3v) is 10.5. The number of aromatic nitrogens is 2. The summed E-state index contributed by atoms with van der Waals surface area (Å²) in [5, 5.41) is 10.0. The number of amides is 1. The first-order chi connectivity index (χ1) is 25.4. The van der Waals surface area contributed by atoms with Gasteiger partial charge in [0.15, 0.2) is 5.03 Å². The summed E-state index contributed by atoms with van der Waals surface area (Å²) in [7, 11) is -2.27. The van der Waals surface area contributed by atoms with Crippen LogP contribution in [0.1, 0.15) is 28.7 Å². The third-order valence-electron chi connectivity index (χ3n) is 8.68. The Bertz CT molecular complexity index is 2250. The lowest BCUT2D eigenvalue weighted by Crippen LogP contribution is -2.27. The van der Waals surface area contributed by atoms with Crippen LogP contribution >= 0.6 is 23.2 Å². The van der Waals surface area contributed by atoms with Gasteiger partial charge in [0.25, 0.3) is 10.0 Å². The van der Waals surface area contributed by atoms with Crippen LogP contribution in [0.4, 0.5) is 11.5 Å². The zero-order valence-corrected chi connectivity index (χ0v) is 31.5. The number of ether oxygens (including phenoxy) is 2. The molecule has 0 bridgehead atoms. The highest BCUT2D eigenvalue weighted by Crippen LogP contribution is 2.33. The van der Waals surface area contributed by atoms with Gasteiger partial charge in [-0.05, 0) is 61.4 Å². The van der Waals surface area contributed by atoms with Gasteiger partial charge >= 0.3 is 0 Å². The number of fused-ring (bicyclic) bond motifs is 1. The number of aliphatic hydroxyl groups excluding tert-OH is 1. The SMILES string of the molecule is CN1C(=O)CN=C(c2ccccc2)c2cc(Cl)ccc21.Cc1cccc(C)c1-c1nc(NS(=O)(=O)c2cccc(O[C@@H]3CO[C@H](CO)C3)n2)ccc1Cl. The van der Waals surface area contributed by atoms with Crippen LogP contribution in [0.25, 0.3) is 11.3 Å². The molecule has 14 heteroatoms. The van der Waals surface area contributed by atoms with E-state index in [9.17, 15) is 18.3 Å². The van der Waals surface area contributed by atoms with Crippen molar-refractivity contribution in [2.45, 2.75) is 37.5 Å². The maximum Gasteiger partial charge on any atom is 0.280 e. The fourth-order valence-corrected chi connectivity index (χ4v) is 7.36. The van der Waals surface area contributed by atoms with Crippen LogP contribution in [0.5, 0.6) is 5.88 Å². The molecule has 0 radical (unpaired) electrons. The number of rotatable bonds is 8. The molecule has 0 unspecified atom stereocenters. The van der Waals surface area contributed by atoms with E-state index in [2.05, 4.69) is 19.7 Å². The topological polar surface area (TPSA) is 143 Å². The molecule has 2 aliphatic rings. The van der Waals surface area contributed by atoms with E-state index in [1.54, 1.807) is 36.2 Å². The molecule has 0 saturated carbocycles. The monoisotopic (exact) mass is 773 g/mol. The standard InChI is InChI=1S/C23H24ClN3O5S.C16H13ClN2O/c1-14-5-3-6-15(2)22(14)23-18(24)9-10-19(25-23)27-33(29,30)21-8-4-7-20(26-21)32-17-11-16(12-28)31-13-17;1-19-14-8-7-12(17)9-13(14)16(18-10-15(19)20)11-5-3-2-4-6-11/h3-10,16-17,28H,11-13H2,1-2H3,(H,25,27);2-9H,10H2,1H3/t16-,17-;/m0./s1. The van der Waals surface area contributed by atoms with Crippen LogP contribution in [-0.4, -0.2) is 74.1 Å². The predicted octanol–water partition coefficient (Wildman–Crippen LogP) is 6.90. The molecule has 274 valence electrons. The molecule has 53 heavy (non-hydrogen) atoms. The number of benzene rings is 3. The van der Waals surface area contributed by atoms with E-state index < -0.39 is 10.0 Å². The van der Waals surface area contributed by atoms with Crippen LogP contribution in [0, 0.1) is 13.8 Å². The number of anilines is 2. The molecule has 1 fully saturated rings. The van der Waals surface area contributed by atoms with E-state index >= 15 is 0 Å². The van der Waals surface area contributed by atoms with Gasteiger partial charge < -0.3 is 19.5 Å². The Kier molecular flexibility index (Phi) is 11.8. The van der Waals surface area contributed by atoms with Crippen molar-refractivity contribution in [2.24, 2.45) is 4.99 Å². The number of nitrogens with one attached hydrogen (secondary N) is 1. The molecule has 0 spiro atoms. The summed E-state index contributed by atoms with van der Waals surface area (Å²) >= 11 is 12.5. The number of pyridine rings is 2. The number of aryl methyl sites for hydroxylation is 2. The van der Waals surface area contributed by atoms with Crippen LogP contribution in [0.2, 0.25) is 10.0 Å². The Hall–Kier alpha value is -4.85. The number of halogens is 2. The lowest BCUT2D eigenvalue weighted by molar-refractivity contribution is -0.116. The van der Waals surface area contributed by atoms with E-state index in [1.807, 2.05) is 74.5 Å². The van der Waals surface area contributed by atoms with Crippen molar-refractivity contribution in [1.29, 1.82) is 0 Å². The van der Waals surface area contributed by atoms with Crippen molar-refractivity contribution < 1.29 is 27.8 Å². The Labute approximate surface area is 318 Å². The highest BCUT2D eigenvalue weighted by atomic mass is 35.5. The highest BCUT2D eigenvalue weighted by Gasteiger charge is 2.28. The van der Waals surface area contributed by atoms with Gasteiger partial charge in [-0.1, -0.05) is 77.8 Å². The first-order valence-corrected chi connectivity index (χ1v) is 19.0. The fourth-order valence-electron chi connectivity index (χ4n) is 6.02. The van der Waals surface area contributed by atoms with Crippen molar-refractivity contribution in [3.05, 3.63) is 129 Å². The van der Waals surface area contributed by atoms with Crippen molar-refractivity contribution in [3.63, 3.8) is 0 Å². The molecule has 4 heterocycles. The number of carbonyl (C=O) groups is 1. The number of aliphatic hydroxyl groups is 1. The summed E-state index contributed by atoms with van der Waals surface area (Å²) in [6, 6.07) is 28.8. The highest BCUT2D eigenvalue weighted by molar-refractivity contribution is 7.92. The van der Waals surface area contributed by atoms with Gasteiger partial charge in [-0.15, -0.1) is 0 Å². The summed E-state index contributed by atoms with van der Waals surface area (Å²) in [6.45, 7) is 4.25. The smallest absolute Gasteiger partial charge is 0.280 e. The van der Waals surface area contributed by atoms with Crippen molar-refractivity contribution >= 4 is 56.3 Å². The van der Waals surface area contributed by atoms with Gasteiger partial charge in [0.2, 0.25) is 11.8 Å². The predicted molar refractivity (Wildman–Crippen MR) is 207 cm³/mol. The second-order valence-corrected chi connectivity index (χ2v) is 14.9. The summed E-state index contributed by atoms with van der Waals surface area (Å²) in [4.78, 5) is 26.7. The minimum atomic E-state index is -4.03. The number of carbonyl (C=O) groups excluding carboxylic acids is 1. The number of benzodiazepines with no additional fused rings is 1. The van der Waals surface area contributed by atoms with Crippen LogP contribution < -0.4 is 14.4 Å². The Balaban J connectivity index is 0.000000204. The molecule has 0 aliphatic carbocycles. The largest absolute Gasteiger partial charge is 0.472 e. The molecule has 2 aliphatic heterocycles. The van der Waals surface area contributed by atoms with Crippen LogP contribution in [0.15, 0.2) is 107 Å². The molecule has 1 amide bonds. The van der Waals surface area contributed by atoms with Crippen molar-refractivity contribution in [3.8, 4) is 17.1 Å². The molecular formula is C39H37Cl2N5O6S. The van der Waals surface area contributed by atoms with Gasteiger partial charge in [-0.25, -0.2) is 4.98 Å². The number of nitrogens with zero attached hydrogens (tertiary/aromatic N) is 4. The fraction of sp³-hybridized carbons (Fsp3) is 0.231. The van der Waals surface area contributed by atoms with Crippen LogP contribution in [-0.2, 0) is 19.6 Å². The van der Waals surface area contributed by atoms with Crippen molar-refractivity contribution in [1.82, 2.24) is 9.97 Å². The number of sulfonamides is 1. The average molecular weight is 775 g/mol.